The van der Waals surface area contributed by atoms with E-state index in [9.17, 15) is 9.18 Å². The van der Waals surface area contributed by atoms with Gasteiger partial charge < -0.3 is 0 Å². The summed E-state index contributed by atoms with van der Waals surface area (Å²) < 4.78 is 16.2. The van der Waals surface area contributed by atoms with Crippen LogP contribution in [0.3, 0.4) is 0 Å². The van der Waals surface area contributed by atoms with Crippen molar-refractivity contribution in [3.63, 3.8) is 0 Å². The molecule has 0 amide bonds. The van der Waals surface area contributed by atoms with Crippen LogP contribution in [0.5, 0.6) is 0 Å². The Hall–Kier alpha value is -3.55. The number of rotatable bonds is 2. The van der Waals surface area contributed by atoms with Crippen molar-refractivity contribution >= 4 is 32.8 Å². The van der Waals surface area contributed by atoms with Gasteiger partial charge in [0.15, 0.2) is 0 Å². The first kappa shape index (κ1) is 14.6. The molecule has 0 radical (unpaired) electrons. The second-order valence-corrected chi connectivity index (χ2v) is 6.91. The quantitative estimate of drug-likeness (QED) is 0.506. The zero-order valence-electron chi connectivity index (χ0n) is 14.0. The monoisotopic (exact) mass is 360 g/mol. The van der Waals surface area contributed by atoms with E-state index in [0.717, 1.165) is 23.7 Å². The molecule has 1 saturated carbocycles. The molecule has 27 heavy (non-hydrogen) atoms. The van der Waals surface area contributed by atoms with Crippen LogP contribution in [0.25, 0.3) is 38.5 Å². The van der Waals surface area contributed by atoms with Gasteiger partial charge in [0.1, 0.15) is 17.0 Å². The Morgan fingerprint density at radius 2 is 1.89 bits per heavy atom. The molecule has 8 heteroatoms. The zero-order chi connectivity index (χ0) is 18.1. The van der Waals surface area contributed by atoms with Crippen LogP contribution in [-0.4, -0.2) is 29.9 Å². The summed E-state index contributed by atoms with van der Waals surface area (Å²) >= 11 is 0. The molecule has 0 aliphatic heterocycles. The van der Waals surface area contributed by atoms with Crippen LogP contribution in [-0.2, 0) is 0 Å². The Kier molecular flexibility index (Phi) is 2.70. The Morgan fingerprint density at radius 3 is 2.74 bits per heavy atom. The van der Waals surface area contributed by atoms with Crippen LogP contribution in [0.15, 0.2) is 41.5 Å². The van der Waals surface area contributed by atoms with Gasteiger partial charge >= 0.3 is 0 Å². The third-order valence-electron chi connectivity index (χ3n) is 5.21. The van der Waals surface area contributed by atoms with E-state index in [4.69, 9.17) is 0 Å². The molecule has 0 spiro atoms. The van der Waals surface area contributed by atoms with Crippen molar-refractivity contribution in [2.45, 2.75) is 18.8 Å². The number of pyridine rings is 2. The van der Waals surface area contributed by atoms with Gasteiger partial charge in [-0.1, -0.05) is 6.07 Å². The van der Waals surface area contributed by atoms with Gasteiger partial charge in [0.05, 0.1) is 29.3 Å². The predicted molar refractivity (Wildman–Crippen MR) is 98.6 cm³/mol. The Bertz CT molecular complexity index is 1430. The van der Waals surface area contributed by atoms with Crippen LogP contribution in [0.2, 0.25) is 0 Å². The topological polar surface area (TPSA) is 92.2 Å². The number of nitrogens with one attached hydrogen (secondary N) is 2. The molecule has 1 aliphatic rings. The van der Waals surface area contributed by atoms with E-state index < -0.39 is 0 Å². The maximum atomic E-state index is 14.7. The highest BCUT2D eigenvalue weighted by Crippen LogP contribution is 2.41. The summed E-state index contributed by atoms with van der Waals surface area (Å²) in [5.41, 5.74) is 2.37. The van der Waals surface area contributed by atoms with Crippen LogP contribution in [0.4, 0.5) is 4.39 Å². The smallest absolute Gasteiger partial charge is 0.278 e. The lowest BCUT2D eigenvalue weighted by Gasteiger charge is -2.13. The maximum absolute atomic E-state index is 14.7. The first-order valence-electron chi connectivity index (χ1n) is 8.73. The van der Waals surface area contributed by atoms with Crippen molar-refractivity contribution in [1.82, 2.24) is 29.9 Å². The van der Waals surface area contributed by atoms with Gasteiger partial charge in [-0.2, -0.15) is 10.2 Å². The number of aromatic amines is 2. The highest BCUT2D eigenvalue weighted by molar-refractivity contribution is 6.04. The molecule has 6 rings (SSSR count). The van der Waals surface area contributed by atoms with E-state index >= 15 is 0 Å². The molecule has 5 aromatic rings. The Labute approximate surface area is 150 Å². The molecule has 0 atom stereocenters. The number of benzene rings is 1. The summed E-state index contributed by atoms with van der Waals surface area (Å²) in [6.07, 6.45) is 5.06. The molecular formula is C19H13FN6O. The summed E-state index contributed by atoms with van der Waals surface area (Å²) in [5, 5.41) is 15.6. The molecule has 4 aromatic heterocycles. The summed E-state index contributed by atoms with van der Waals surface area (Å²) in [6, 6.07) is 7.04. The average molecular weight is 360 g/mol. The summed E-state index contributed by atoms with van der Waals surface area (Å²) in [7, 11) is 0. The molecule has 0 bridgehead atoms. The number of nitrogens with zero attached hydrogens (tertiary/aromatic N) is 4. The van der Waals surface area contributed by atoms with Crippen molar-refractivity contribution in [1.29, 1.82) is 0 Å². The van der Waals surface area contributed by atoms with Gasteiger partial charge in [-0.05, 0) is 31.0 Å². The maximum Gasteiger partial charge on any atom is 0.282 e. The fraction of sp³-hybridized carbons (Fsp3) is 0.158. The molecule has 1 aliphatic carbocycles. The van der Waals surface area contributed by atoms with Crippen LogP contribution in [0, 0.1) is 5.82 Å². The summed E-state index contributed by atoms with van der Waals surface area (Å²) in [6.45, 7) is 0. The number of H-pyrrole nitrogens is 2. The summed E-state index contributed by atoms with van der Waals surface area (Å²) in [4.78, 5) is 17.9. The van der Waals surface area contributed by atoms with Crippen molar-refractivity contribution in [2.75, 3.05) is 0 Å². The number of aromatic nitrogens is 6. The minimum atomic E-state index is -0.334. The molecule has 0 saturated heterocycles. The third-order valence-corrected chi connectivity index (χ3v) is 5.21. The van der Waals surface area contributed by atoms with E-state index in [-0.39, 0.29) is 17.3 Å². The molecule has 4 heterocycles. The fourth-order valence-electron chi connectivity index (χ4n) is 3.74. The molecule has 1 aromatic carbocycles. The lowest BCUT2D eigenvalue weighted by molar-refractivity contribution is 0.603. The van der Waals surface area contributed by atoms with Gasteiger partial charge in [0, 0.05) is 22.1 Å². The normalized spacial score (nSPS) is 14.6. The first-order chi connectivity index (χ1) is 13.2. The number of hydrogen-bond acceptors (Lipinski definition) is 4. The molecule has 1 fully saturated rings. The Morgan fingerprint density at radius 1 is 1.07 bits per heavy atom. The minimum Gasteiger partial charge on any atom is -0.278 e. The van der Waals surface area contributed by atoms with Crippen molar-refractivity contribution in [3.05, 3.63) is 58.5 Å². The van der Waals surface area contributed by atoms with E-state index in [1.54, 1.807) is 12.4 Å². The number of hydrogen-bond donors (Lipinski definition) is 2. The van der Waals surface area contributed by atoms with Crippen LogP contribution in [0.1, 0.15) is 24.5 Å². The van der Waals surface area contributed by atoms with E-state index in [2.05, 4.69) is 25.4 Å². The molecule has 7 nitrogen and oxygen atoms in total. The van der Waals surface area contributed by atoms with Gasteiger partial charge in [0.25, 0.3) is 5.56 Å². The van der Waals surface area contributed by atoms with E-state index in [1.807, 2.05) is 18.2 Å². The van der Waals surface area contributed by atoms with Gasteiger partial charge in [-0.15, -0.1) is 0 Å². The van der Waals surface area contributed by atoms with Crippen LogP contribution < -0.4 is 5.56 Å². The van der Waals surface area contributed by atoms with Gasteiger partial charge in [-0.3, -0.25) is 19.6 Å². The molecule has 0 unspecified atom stereocenters. The highest BCUT2D eigenvalue weighted by Gasteiger charge is 2.29. The Balaban J connectivity index is 1.84. The second-order valence-electron chi connectivity index (χ2n) is 6.91. The molecular weight excluding hydrogens is 347 g/mol. The average Bonchev–Trinajstić information content (AvgIpc) is 3.18. The number of halogens is 1. The lowest BCUT2D eigenvalue weighted by Crippen LogP contribution is -2.21. The fourth-order valence-corrected chi connectivity index (χ4v) is 3.74. The molecule has 132 valence electrons. The highest BCUT2D eigenvalue weighted by atomic mass is 19.1. The SMILES string of the molecule is O=c1c2[nH]ncc2c2cc(F)c(C3CC3)nc2n1-c1cccc2[nH]ncc12. The van der Waals surface area contributed by atoms with E-state index in [1.165, 1.54) is 10.6 Å². The van der Waals surface area contributed by atoms with Gasteiger partial charge in [0.2, 0.25) is 0 Å². The number of fused-ring (bicyclic) bond motifs is 4. The second kappa shape index (κ2) is 5.00. The largest absolute Gasteiger partial charge is 0.282 e. The standard InChI is InChI=1S/C19H13FN6O/c20-13-6-10-11-7-22-25-17(11)19(27)26(18(10)23-16(13)9-4-5-9)15-3-1-2-14-12(15)8-21-24-14/h1-3,6-9H,4-5H2,(H,21,24)(H,22,25). The van der Waals surface area contributed by atoms with Crippen molar-refractivity contribution in [2.24, 2.45) is 0 Å². The summed E-state index contributed by atoms with van der Waals surface area (Å²) in [5.74, 6) is -0.207. The van der Waals surface area contributed by atoms with Crippen molar-refractivity contribution < 1.29 is 4.39 Å². The zero-order valence-corrected chi connectivity index (χ0v) is 14.0. The predicted octanol–water partition coefficient (Wildman–Crippen LogP) is 3.15. The molecule has 2 N–H and O–H groups in total. The first-order valence-corrected chi connectivity index (χ1v) is 8.73. The van der Waals surface area contributed by atoms with Crippen molar-refractivity contribution in [3.8, 4) is 5.69 Å². The minimum absolute atomic E-state index is 0.128. The lowest BCUT2D eigenvalue weighted by atomic mass is 10.1. The van der Waals surface area contributed by atoms with Gasteiger partial charge in [-0.25, -0.2) is 9.37 Å². The third kappa shape index (κ3) is 1.95. The van der Waals surface area contributed by atoms with E-state index in [0.29, 0.717) is 33.3 Å². The van der Waals surface area contributed by atoms with Crippen LogP contribution >= 0.6 is 0 Å².